The molecule has 1 amide bonds. The van der Waals surface area contributed by atoms with Crippen LogP contribution in [0.2, 0.25) is 0 Å². The zero-order valence-corrected chi connectivity index (χ0v) is 9.82. The van der Waals surface area contributed by atoms with Gasteiger partial charge in [-0.2, -0.15) is 0 Å². The van der Waals surface area contributed by atoms with Gasteiger partial charge in [-0.15, -0.1) is 11.6 Å². The average molecular weight is 238 g/mol. The van der Waals surface area contributed by atoms with Crippen molar-refractivity contribution in [2.45, 2.75) is 26.3 Å². The van der Waals surface area contributed by atoms with Gasteiger partial charge in [0, 0.05) is 0 Å². The highest BCUT2D eigenvalue weighted by molar-refractivity contribution is 6.27. The SMILES string of the molecule is COC(=O)[C@H](CC(C)C)N(O)C(=O)CCl. The molecule has 0 spiro atoms. The lowest BCUT2D eigenvalue weighted by molar-refractivity contribution is -0.186. The fourth-order valence-corrected chi connectivity index (χ4v) is 1.24. The summed E-state index contributed by atoms with van der Waals surface area (Å²) in [5.74, 6) is -1.59. The van der Waals surface area contributed by atoms with Crippen LogP contribution in [0.5, 0.6) is 0 Å². The fourth-order valence-electron chi connectivity index (χ4n) is 1.11. The van der Waals surface area contributed by atoms with Crippen LogP contribution < -0.4 is 0 Å². The van der Waals surface area contributed by atoms with Crippen molar-refractivity contribution in [3.05, 3.63) is 0 Å². The van der Waals surface area contributed by atoms with E-state index >= 15 is 0 Å². The molecule has 0 radical (unpaired) electrons. The summed E-state index contributed by atoms with van der Waals surface area (Å²) in [5.41, 5.74) is 0. The molecule has 0 heterocycles. The quantitative estimate of drug-likeness (QED) is 0.336. The van der Waals surface area contributed by atoms with E-state index < -0.39 is 17.9 Å². The molecule has 0 bridgehead atoms. The highest BCUT2D eigenvalue weighted by atomic mass is 35.5. The maximum Gasteiger partial charge on any atom is 0.331 e. The smallest absolute Gasteiger partial charge is 0.331 e. The van der Waals surface area contributed by atoms with E-state index in [1.807, 2.05) is 13.8 Å². The van der Waals surface area contributed by atoms with Crippen molar-refractivity contribution in [2.75, 3.05) is 13.0 Å². The second kappa shape index (κ2) is 6.63. The molecular weight excluding hydrogens is 222 g/mol. The van der Waals surface area contributed by atoms with E-state index in [4.69, 9.17) is 11.6 Å². The van der Waals surface area contributed by atoms with Crippen molar-refractivity contribution < 1.29 is 19.5 Å². The molecule has 1 N–H and O–H groups in total. The maximum absolute atomic E-state index is 11.3. The first-order chi connectivity index (χ1) is 6.93. The lowest BCUT2D eigenvalue weighted by atomic mass is 10.0. The van der Waals surface area contributed by atoms with Crippen LogP contribution in [0.1, 0.15) is 20.3 Å². The minimum atomic E-state index is -0.985. The minimum Gasteiger partial charge on any atom is -0.467 e. The number of alkyl halides is 1. The van der Waals surface area contributed by atoms with Crippen LogP contribution in [0.15, 0.2) is 0 Å². The minimum absolute atomic E-state index is 0.145. The number of amides is 1. The van der Waals surface area contributed by atoms with Crippen molar-refractivity contribution in [3.63, 3.8) is 0 Å². The molecule has 0 aliphatic rings. The number of hydrogen-bond acceptors (Lipinski definition) is 4. The van der Waals surface area contributed by atoms with Gasteiger partial charge in [-0.1, -0.05) is 13.8 Å². The summed E-state index contributed by atoms with van der Waals surface area (Å²) in [6, 6.07) is -0.985. The van der Waals surface area contributed by atoms with Crippen molar-refractivity contribution >= 4 is 23.5 Å². The summed E-state index contributed by atoms with van der Waals surface area (Å²) in [7, 11) is 1.20. The number of ether oxygens (including phenoxy) is 1. The van der Waals surface area contributed by atoms with Gasteiger partial charge in [0.2, 0.25) is 0 Å². The Kier molecular flexibility index (Phi) is 6.27. The number of hydrogen-bond donors (Lipinski definition) is 1. The van der Waals surface area contributed by atoms with Crippen LogP contribution in [0, 0.1) is 5.92 Å². The molecule has 15 heavy (non-hydrogen) atoms. The van der Waals surface area contributed by atoms with Gasteiger partial charge >= 0.3 is 5.97 Å². The standard InChI is InChI=1S/C9H16ClNO4/c1-6(2)4-7(9(13)15-3)11(14)8(12)5-10/h6-7,14H,4-5H2,1-3H3/t7-/m0/s1. The van der Waals surface area contributed by atoms with Crippen molar-refractivity contribution in [2.24, 2.45) is 5.92 Å². The highest BCUT2D eigenvalue weighted by Crippen LogP contribution is 2.12. The number of carbonyl (C=O) groups is 2. The van der Waals surface area contributed by atoms with Crippen LogP contribution in [0.25, 0.3) is 0 Å². The fraction of sp³-hybridized carbons (Fsp3) is 0.778. The number of esters is 1. The lowest BCUT2D eigenvalue weighted by Gasteiger charge is -2.24. The van der Waals surface area contributed by atoms with Gasteiger partial charge in [-0.3, -0.25) is 10.0 Å². The second-order valence-corrected chi connectivity index (χ2v) is 3.81. The Hall–Kier alpha value is -0.810. The molecule has 0 rings (SSSR count). The van der Waals surface area contributed by atoms with Gasteiger partial charge in [-0.05, 0) is 12.3 Å². The Morgan fingerprint density at radius 2 is 2.00 bits per heavy atom. The lowest BCUT2D eigenvalue weighted by Crippen LogP contribution is -2.44. The molecule has 0 aromatic heterocycles. The zero-order valence-electron chi connectivity index (χ0n) is 9.07. The molecule has 0 saturated carbocycles. The molecule has 6 heteroatoms. The Morgan fingerprint density at radius 1 is 1.47 bits per heavy atom. The molecule has 0 fully saturated rings. The van der Waals surface area contributed by atoms with Gasteiger partial charge in [0.15, 0.2) is 6.04 Å². The first-order valence-electron chi connectivity index (χ1n) is 4.58. The number of halogens is 1. The van der Waals surface area contributed by atoms with Crippen molar-refractivity contribution in [1.29, 1.82) is 0 Å². The number of methoxy groups -OCH3 is 1. The van der Waals surface area contributed by atoms with E-state index in [9.17, 15) is 14.8 Å². The first-order valence-corrected chi connectivity index (χ1v) is 5.12. The van der Waals surface area contributed by atoms with Gasteiger partial charge in [0.05, 0.1) is 7.11 Å². The van der Waals surface area contributed by atoms with E-state index in [1.165, 1.54) is 7.11 Å². The summed E-state index contributed by atoms with van der Waals surface area (Å²) < 4.78 is 4.49. The Bertz CT molecular complexity index is 232. The molecule has 0 aliphatic carbocycles. The van der Waals surface area contributed by atoms with E-state index in [2.05, 4.69) is 4.74 Å². The van der Waals surface area contributed by atoms with E-state index in [1.54, 1.807) is 0 Å². The molecule has 5 nitrogen and oxygen atoms in total. The Morgan fingerprint density at radius 3 is 2.33 bits per heavy atom. The predicted octanol–water partition coefficient (Wildman–Crippen LogP) is 1.03. The van der Waals surface area contributed by atoms with Crippen LogP contribution in [-0.2, 0) is 14.3 Å². The molecule has 88 valence electrons. The summed E-state index contributed by atoms with van der Waals surface area (Å²) in [6.07, 6.45) is 0.325. The number of carbonyl (C=O) groups excluding carboxylic acids is 2. The monoisotopic (exact) mass is 237 g/mol. The average Bonchev–Trinajstić information content (AvgIpc) is 2.22. The third kappa shape index (κ3) is 4.48. The topological polar surface area (TPSA) is 66.8 Å². The molecule has 0 aromatic carbocycles. The summed E-state index contributed by atoms with van der Waals surface area (Å²) in [4.78, 5) is 22.4. The highest BCUT2D eigenvalue weighted by Gasteiger charge is 2.29. The normalized spacial score (nSPS) is 12.4. The largest absolute Gasteiger partial charge is 0.467 e. The molecule has 0 aromatic rings. The first kappa shape index (κ1) is 14.2. The Balaban J connectivity index is 4.61. The molecule has 0 saturated heterocycles. The summed E-state index contributed by atoms with van der Waals surface area (Å²) in [5, 5.41) is 9.77. The molecular formula is C9H16ClNO4. The summed E-state index contributed by atoms with van der Waals surface area (Å²) in [6.45, 7) is 3.74. The summed E-state index contributed by atoms with van der Waals surface area (Å²) >= 11 is 5.27. The van der Waals surface area contributed by atoms with Gasteiger partial charge in [0.25, 0.3) is 5.91 Å². The number of nitrogens with zero attached hydrogens (tertiary/aromatic N) is 1. The van der Waals surface area contributed by atoms with E-state index in [-0.39, 0.29) is 11.8 Å². The van der Waals surface area contributed by atoms with Crippen LogP contribution in [0.3, 0.4) is 0 Å². The van der Waals surface area contributed by atoms with Gasteiger partial charge in [0.1, 0.15) is 5.88 Å². The van der Waals surface area contributed by atoms with Crippen LogP contribution >= 0.6 is 11.6 Å². The molecule has 1 atom stereocenters. The zero-order chi connectivity index (χ0) is 12.0. The van der Waals surface area contributed by atoms with E-state index in [0.717, 1.165) is 0 Å². The van der Waals surface area contributed by atoms with Crippen molar-refractivity contribution in [1.82, 2.24) is 5.06 Å². The molecule has 0 aliphatic heterocycles. The van der Waals surface area contributed by atoms with Gasteiger partial charge < -0.3 is 4.74 Å². The maximum atomic E-state index is 11.3. The second-order valence-electron chi connectivity index (χ2n) is 3.54. The van der Waals surface area contributed by atoms with Gasteiger partial charge in [-0.25, -0.2) is 9.86 Å². The third-order valence-electron chi connectivity index (χ3n) is 1.83. The number of rotatable bonds is 5. The van der Waals surface area contributed by atoms with Crippen molar-refractivity contribution in [3.8, 4) is 0 Å². The molecule has 0 unspecified atom stereocenters. The van der Waals surface area contributed by atoms with Crippen LogP contribution in [0.4, 0.5) is 0 Å². The number of hydroxylamine groups is 2. The third-order valence-corrected chi connectivity index (χ3v) is 2.06. The van der Waals surface area contributed by atoms with Crippen LogP contribution in [-0.4, -0.2) is 41.2 Å². The van der Waals surface area contributed by atoms with E-state index in [0.29, 0.717) is 11.5 Å². The predicted molar refractivity (Wildman–Crippen MR) is 54.6 cm³/mol. The Labute approximate surface area is 93.9 Å².